The number of rotatable bonds is 3. The maximum absolute atomic E-state index is 12.8. The van der Waals surface area contributed by atoms with Crippen LogP contribution in [0.2, 0.25) is 0 Å². The average molecular weight is 377 g/mol. The van der Waals surface area contributed by atoms with Gasteiger partial charge in [-0.2, -0.15) is 0 Å². The van der Waals surface area contributed by atoms with Crippen LogP contribution in [0.15, 0.2) is 54.9 Å². The number of fused-ring (bicyclic) bond motifs is 1. The first-order valence-electron chi connectivity index (χ1n) is 8.95. The van der Waals surface area contributed by atoms with Crippen LogP contribution in [0.5, 0.6) is 0 Å². The monoisotopic (exact) mass is 377 g/mol. The Balaban J connectivity index is 1.41. The van der Waals surface area contributed by atoms with E-state index in [2.05, 4.69) is 9.97 Å². The first kappa shape index (κ1) is 17.9. The number of amides is 2. The number of hydrogen-bond acceptors (Lipinski definition) is 6. The molecular weight excluding hydrogens is 358 g/mol. The Morgan fingerprint density at radius 2 is 1.57 bits per heavy atom. The Kier molecular flexibility index (Phi) is 4.86. The van der Waals surface area contributed by atoms with Crippen LogP contribution < -0.4 is 10.4 Å². The van der Waals surface area contributed by atoms with E-state index in [0.29, 0.717) is 37.7 Å². The molecule has 0 spiro atoms. The summed E-state index contributed by atoms with van der Waals surface area (Å²) in [4.78, 5) is 36.3. The van der Waals surface area contributed by atoms with E-state index in [1.807, 2.05) is 52.3 Å². The minimum Gasteiger partial charge on any atom is -0.337 e. The number of carbonyl (C=O) groups is 2. The van der Waals surface area contributed by atoms with E-state index in [9.17, 15) is 9.59 Å². The average Bonchev–Trinajstić information content (AvgIpc) is 2.78. The third-order valence-corrected chi connectivity index (χ3v) is 4.85. The standard InChI is InChI=1S/C20H19N5O3/c26-18(23-28)17-12-21-20(22-13-17)25-9-7-24(8-10-25)19(27)16-6-5-14-3-1-2-4-15(14)11-16/h1-6,11-13,28H,7-10H2,(H,23,26). The van der Waals surface area contributed by atoms with Gasteiger partial charge in [0.05, 0.1) is 5.56 Å². The van der Waals surface area contributed by atoms with Gasteiger partial charge < -0.3 is 9.80 Å². The Hall–Kier alpha value is -3.52. The molecule has 1 aromatic heterocycles. The highest BCUT2D eigenvalue weighted by Crippen LogP contribution is 2.18. The summed E-state index contributed by atoms with van der Waals surface area (Å²) in [6, 6.07) is 13.7. The molecule has 0 radical (unpaired) electrons. The number of hydrogen-bond donors (Lipinski definition) is 2. The van der Waals surface area contributed by atoms with Crippen molar-refractivity contribution in [2.75, 3.05) is 31.1 Å². The molecule has 4 rings (SSSR count). The lowest BCUT2D eigenvalue weighted by atomic mass is 10.1. The smallest absolute Gasteiger partial charge is 0.277 e. The molecule has 2 N–H and O–H groups in total. The number of nitrogens with one attached hydrogen (secondary N) is 1. The summed E-state index contributed by atoms with van der Waals surface area (Å²) in [7, 11) is 0. The lowest BCUT2D eigenvalue weighted by Gasteiger charge is -2.34. The summed E-state index contributed by atoms with van der Waals surface area (Å²) in [5.74, 6) is -0.147. The van der Waals surface area contributed by atoms with Gasteiger partial charge in [0.2, 0.25) is 5.95 Å². The normalized spacial score (nSPS) is 14.2. The van der Waals surface area contributed by atoms with E-state index >= 15 is 0 Å². The Labute approximate surface area is 161 Å². The zero-order chi connectivity index (χ0) is 19.5. The molecule has 1 aliphatic rings. The maximum Gasteiger partial charge on any atom is 0.277 e. The van der Waals surface area contributed by atoms with E-state index in [1.54, 1.807) is 5.48 Å². The molecule has 28 heavy (non-hydrogen) atoms. The van der Waals surface area contributed by atoms with Crippen molar-refractivity contribution in [1.82, 2.24) is 20.3 Å². The van der Waals surface area contributed by atoms with Gasteiger partial charge in [-0.25, -0.2) is 15.4 Å². The fourth-order valence-corrected chi connectivity index (χ4v) is 3.28. The highest BCUT2D eigenvalue weighted by Gasteiger charge is 2.23. The van der Waals surface area contributed by atoms with Crippen molar-refractivity contribution >= 4 is 28.5 Å². The minimum atomic E-state index is -0.655. The summed E-state index contributed by atoms with van der Waals surface area (Å²) >= 11 is 0. The molecule has 2 heterocycles. The first-order valence-corrected chi connectivity index (χ1v) is 8.95. The molecule has 1 aliphatic heterocycles. The number of hydroxylamine groups is 1. The summed E-state index contributed by atoms with van der Waals surface area (Å²) in [6.45, 7) is 2.33. The van der Waals surface area contributed by atoms with Crippen LogP contribution in [-0.2, 0) is 0 Å². The summed E-state index contributed by atoms with van der Waals surface area (Å²) in [5.41, 5.74) is 2.41. The largest absolute Gasteiger partial charge is 0.337 e. The van der Waals surface area contributed by atoms with Crippen LogP contribution in [0.25, 0.3) is 10.8 Å². The zero-order valence-electron chi connectivity index (χ0n) is 15.1. The van der Waals surface area contributed by atoms with Crippen LogP contribution >= 0.6 is 0 Å². The molecule has 0 bridgehead atoms. The second-order valence-corrected chi connectivity index (χ2v) is 6.55. The Morgan fingerprint density at radius 3 is 2.25 bits per heavy atom. The van der Waals surface area contributed by atoms with Crippen molar-refractivity contribution in [1.29, 1.82) is 0 Å². The quantitative estimate of drug-likeness (QED) is 0.533. The number of benzene rings is 2. The van der Waals surface area contributed by atoms with E-state index in [-0.39, 0.29) is 11.5 Å². The second-order valence-electron chi connectivity index (χ2n) is 6.55. The molecule has 2 aromatic carbocycles. The molecule has 0 aliphatic carbocycles. The van der Waals surface area contributed by atoms with Crippen molar-refractivity contribution in [3.8, 4) is 0 Å². The van der Waals surface area contributed by atoms with E-state index in [0.717, 1.165) is 10.8 Å². The molecule has 0 unspecified atom stereocenters. The predicted molar refractivity (Wildman–Crippen MR) is 103 cm³/mol. The number of nitrogens with zero attached hydrogens (tertiary/aromatic N) is 4. The molecule has 0 atom stereocenters. The van der Waals surface area contributed by atoms with E-state index < -0.39 is 5.91 Å². The van der Waals surface area contributed by atoms with E-state index in [4.69, 9.17) is 5.21 Å². The number of piperazine rings is 1. The third kappa shape index (κ3) is 3.49. The van der Waals surface area contributed by atoms with Gasteiger partial charge >= 0.3 is 0 Å². The van der Waals surface area contributed by atoms with Crippen molar-refractivity contribution in [3.05, 3.63) is 66.0 Å². The number of anilines is 1. The van der Waals surface area contributed by atoms with Crippen molar-refractivity contribution in [2.45, 2.75) is 0 Å². The van der Waals surface area contributed by atoms with Crippen LogP contribution in [0.4, 0.5) is 5.95 Å². The van der Waals surface area contributed by atoms with Crippen molar-refractivity contribution in [2.24, 2.45) is 0 Å². The second kappa shape index (κ2) is 7.61. The van der Waals surface area contributed by atoms with Crippen LogP contribution in [0.3, 0.4) is 0 Å². The molecule has 1 saturated heterocycles. The van der Waals surface area contributed by atoms with Crippen LogP contribution in [-0.4, -0.2) is 58.1 Å². The molecule has 2 amide bonds. The summed E-state index contributed by atoms with van der Waals surface area (Å²) in [5, 5.41) is 10.8. The Bertz CT molecular complexity index is 1010. The van der Waals surface area contributed by atoms with E-state index in [1.165, 1.54) is 12.4 Å². The van der Waals surface area contributed by atoms with Crippen LogP contribution in [0, 0.1) is 0 Å². The Morgan fingerprint density at radius 1 is 0.893 bits per heavy atom. The van der Waals surface area contributed by atoms with Crippen molar-refractivity contribution in [3.63, 3.8) is 0 Å². The van der Waals surface area contributed by atoms with Crippen molar-refractivity contribution < 1.29 is 14.8 Å². The highest BCUT2D eigenvalue weighted by molar-refractivity contribution is 5.98. The number of aromatic nitrogens is 2. The van der Waals surface area contributed by atoms with Gasteiger partial charge in [0, 0.05) is 44.1 Å². The summed E-state index contributed by atoms with van der Waals surface area (Å²) in [6.07, 6.45) is 2.72. The molecule has 0 saturated carbocycles. The minimum absolute atomic E-state index is 0.0151. The van der Waals surface area contributed by atoms with Gasteiger partial charge in [0.15, 0.2) is 0 Å². The molecule has 8 heteroatoms. The fraction of sp³-hybridized carbons (Fsp3) is 0.200. The van der Waals surface area contributed by atoms with Crippen LogP contribution in [0.1, 0.15) is 20.7 Å². The topological polar surface area (TPSA) is 98.7 Å². The molecule has 1 fully saturated rings. The lowest BCUT2D eigenvalue weighted by molar-refractivity contribution is 0.0704. The van der Waals surface area contributed by atoms with Gasteiger partial charge in [-0.05, 0) is 22.9 Å². The molecule has 142 valence electrons. The highest BCUT2D eigenvalue weighted by atomic mass is 16.5. The predicted octanol–water partition coefficient (Wildman–Crippen LogP) is 1.71. The SMILES string of the molecule is O=C(NO)c1cnc(N2CCN(C(=O)c3ccc4ccccc4c3)CC2)nc1. The first-order chi connectivity index (χ1) is 13.7. The number of carbonyl (C=O) groups excluding carboxylic acids is 2. The zero-order valence-corrected chi connectivity index (χ0v) is 15.1. The third-order valence-electron chi connectivity index (χ3n) is 4.85. The van der Waals surface area contributed by atoms with Gasteiger partial charge in [-0.15, -0.1) is 0 Å². The van der Waals surface area contributed by atoms with Gasteiger partial charge in [-0.1, -0.05) is 30.3 Å². The molecule has 8 nitrogen and oxygen atoms in total. The lowest BCUT2D eigenvalue weighted by Crippen LogP contribution is -2.49. The molecular formula is C20H19N5O3. The maximum atomic E-state index is 12.8. The van der Waals surface area contributed by atoms with Gasteiger partial charge in [-0.3, -0.25) is 14.8 Å². The fourth-order valence-electron chi connectivity index (χ4n) is 3.28. The summed E-state index contributed by atoms with van der Waals surface area (Å²) < 4.78 is 0. The van der Waals surface area contributed by atoms with Gasteiger partial charge in [0.25, 0.3) is 11.8 Å². The molecule has 3 aromatic rings. The van der Waals surface area contributed by atoms with Gasteiger partial charge in [0.1, 0.15) is 0 Å².